The number of fused-ring (bicyclic) bond motifs is 1. The maximum Gasteiger partial charge on any atom is 0.336 e. The number of aryl methyl sites for hydroxylation is 2. The highest BCUT2D eigenvalue weighted by molar-refractivity contribution is 5.92. The van der Waals surface area contributed by atoms with E-state index in [9.17, 15) is 14.0 Å². The van der Waals surface area contributed by atoms with Crippen LogP contribution in [-0.2, 0) is 11.2 Å². The number of nitrogens with one attached hydrogen (secondary N) is 1. The highest BCUT2D eigenvalue weighted by atomic mass is 19.1. The molecule has 1 aromatic heterocycles. The number of rotatable bonds is 5. The van der Waals surface area contributed by atoms with Crippen LogP contribution in [-0.4, -0.2) is 12.5 Å². The zero-order valence-corrected chi connectivity index (χ0v) is 14.5. The average Bonchev–Trinajstić information content (AvgIpc) is 2.62. The molecule has 6 heteroatoms. The van der Waals surface area contributed by atoms with E-state index in [1.807, 2.05) is 6.92 Å². The molecule has 2 aromatic carbocycles. The Balaban J connectivity index is 1.72. The van der Waals surface area contributed by atoms with Gasteiger partial charge in [0.15, 0.2) is 6.61 Å². The van der Waals surface area contributed by atoms with Gasteiger partial charge in [0.05, 0.1) is 0 Å². The monoisotopic (exact) mass is 355 g/mol. The van der Waals surface area contributed by atoms with Crippen LogP contribution < -0.4 is 15.7 Å². The number of halogens is 1. The minimum atomic E-state index is -0.428. The van der Waals surface area contributed by atoms with Crippen molar-refractivity contribution in [3.05, 3.63) is 69.8 Å². The highest BCUT2D eigenvalue weighted by Gasteiger charge is 2.09. The van der Waals surface area contributed by atoms with Crippen LogP contribution in [0, 0.1) is 12.7 Å². The van der Waals surface area contributed by atoms with E-state index in [-0.39, 0.29) is 6.61 Å². The Bertz CT molecular complexity index is 1030. The van der Waals surface area contributed by atoms with E-state index in [1.165, 1.54) is 18.2 Å². The fourth-order valence-electron chi connectivity index (χ4n) is 2.66. The zero-order chi connectivity index (χ0) is 18.7. The molecule has 3 aromatic rings. The quantitative estimate of drug-likeness (QED) is 0.707. The molecule has 5 nitrogen and oxygen atoms in total. The van der Waals surface area contributed by atoms with E-state index in [0.717, 1.165) is 16.5 Å². The van der Waals surface area contributed by atoms with Crippen molar-refractivity contribution in [1.29, 1.82) is 0 Å². The molecule has 0 saturated heterocycles. The Morgan fingerprint density at radius 1 is 1.19 bits per heavy atom. The minimum absolute atomic E-state index is 0.251. The first kappa shape index (κ1) is 17.7. The van der Waals surface area contributed by atoms with Gasteiger partial charge in [0, 0.05) is 23.2 Å². The molecule has 0 aliphatic rings. The number of hydrogen-bond donors (Lipinski definition) is 1. The first-order valence-electron chi connectivity index (χ1n) is 8.22. The standard InChI is InChI=1S/C20H18FNO4/c1-3-13-8-20(24)26-18-10-15(6-7-16(13)18)25-11-19(23)22-17-9-14(21)5-4-12(17)2/h4-10H,3,11H2,1-2H3,(H,22,23). The topological polar surface area (TPSA) is 68.5 Å². The fourth-order valence-corrected chi connectivity index (χ4v) is 2.66. The second kappa shape index (κ2) is 7.39. The van der Waals surface area contributed by atoms with Gasteiger partial charge < -0.3 is 14.5 Å². The smallest absolute Gasteiger partial charge is 0.336 e. The van der Waals surface area contributed by atoms with E-state index >= 15 is 0 Å². The summed E-state index contributed by atoms with van der Waals surface area (Å²) in [4.78, 5) is 23.6. The molecule has 0 aliphatic heterocycles. The Labute approximate surface area is 149 Å². The highest BCUT2D eigenvalue weighted by Crippen LogP contribution is 2.23. The Morgan fingerprint density at radius 2 is 2.00 bits per heavy atom. The number of carbonyl (C=O) groups is 1. The summed E-state index contributed by atoms with van der Waals surface area (Å²) in [7, 11) is 0. The van der Waals surface area contributed by atoms with Crippen molar-refractivity contribution in [2.45, 2.75) is 20.3 Å². The summed E-state index contributed by atoms with van der Waals surface area (Å²) in [5, 5.41) is 3.44. The maximum absolute atomic E-state index is 13.3. The van der Waals surface area contributed by atoms with Crippen molar-refractivity contribution >= 4 is 22.6 Å². The van der Waals surface area contributed by atoms with Crippen LogP contribution in [0.2, 0.25) is 0 Å². The first-order valence-corrected chi connectivity index (χ1v) is 8.22. The molecule has 0 saturated carbocycles. The number of anilines is 1. The van der Waals surface area contributed by atoms with Gasteiger partial charge in [-0.2, -0.15) is 0 Å². The van der Waals surface area contributed by atoms with Crippen molar-refractivity contribution in [2.24, 2.45) is 0 Å². The Morgan fingerprint density at radius 3 is 2.77 bits per heavy atom. The molecule has 1 heterocycles. The van der Waals surface area contributed by atoms with Crippen LogP contribution in [0.15, 0.2) is 51.7 Å². The van der Waals surface area contributed by atoms with Gasteiger partial charge in [-0.1, -0.05) is 13.0 Å². The summed E-state index contributed by atoms with van der Waals surface area (Å²) >= 11 is 0. The zero-order valence-electron chi connectivity index (χ0n) is 14.5. The molecule has 0 spiro atoms. The number of hydrogen-bond acceptors (Lipinski definition) is 4. The molecule has 0 atom stereocenters. The third-order valence-electron chi connectivity index (χ3n) is 4.03. The molecule has 0 aliphatic carbocycles. The van der Waals surface area contributed by atoms with Crippen molar-refractivity contribution < 1.29 is 18.3 Å². The minimum Gasteiger partial charge on any atom is -0.484 e. The molecule has 0 radical (unpaired) electrons. The lowest BCUT2D eigenvalue weighted by Gasteiger charge is -2.10. The largest absolute Gasteiger partial charge is 0.484 e. The van der Waals surface area contributed by atoms with Crippen LogP contribution >= 0.6 is 0 Å². The van der Waals surface area contributed by atoms with Crippen LogP contribution in [0.25, 0.3) is 11.0 Å². The summed E-state index contributed by atoms with van der Waals surface area (Å²) in [6.07, 6.45) is 0.706. The lowest BCUT2D eigenvalue weighted by molar-refractivity contribution is -0.118. The van der Waals surface area contributed by atoms with Gasteiger partial charge in [0.25, 0.3) is 5.91 Å². The molecule has 26 heavy (non-hydrogen) atoms. The van der Waals surface area contributed by atoms with Gasteiger partial charge in [-0.25, -0.2) is 9.18 Å². The summed E-state index contributed by atoms with van der Waals surface area (Å²) < 4.78 is 23.9. The second-order valence-corrected chi connectivity index (χ2v) is 5.90. The molecular formula is C20H18FNO4. The van der Waals surface area contributed by atoms with E-state index in [4.69, 9.17) is 9.15 Å². The Hall–Kier alpha value is -3.15. The number of amides is 1. The first-order chi connectivity index (χ1) is 12.5. The molecule has 0 fully saturated rings. The predicted octanol–water partition coefficient (Wildman–Crippen LogP) is 3.82. The van der Waals surface area contributed by atoms with Crippen molar-refractivity contribution in [1.82, 2.24) is 0 Å². The van der Waals surface area contributed by atoms with E-state index in [0.29, 0.717) is 23.4 Å². The average molecular weight is 355 g/mol. The molecule has 0 bridgehead atoms. The second-order valence-electron chi connectivity index (χ2n) is 5.90. The molecule has 3 rings (SSSR count). The van der Waals surface area contributed by atoms with Crippen LogP contribution in [0.1, 0.15) is 18.1 Å². The molecule has 1 amide bonds. The molecule has 1 N–H and O–H groups in total. The summed E-state index contributed by atoms with van der Waals surface area (Å²) in [5.41, 5.74) is 2.02. The summed E-state index contributed by atoms with van der Waals surface area (Å²) in [5.74, 6) is -0.439. The molecule has 0 unspecified atom stereocenters. The van der Waals surface area contributed by atoms with Gasteiger partial charge in [-0.05, 0) is 48.7 Å². The third-order valence-corrected chi connectivity index (χ3v) is 4.03. The number of benzene rings is 2. The van der Waals surface area contributed by atoms with Crippen molar-refractivity contribution in [3.8, 4) is 5.75 Å². The van der Waals surface area contributed by atoms with Gasteiger partial charge in [-0.15, -0.1) is 0 Å². The van der Waals surface area contributed by atoms with E-state index < -0.39 is 17.3 Å². The predicted molar refractivity (Wildman–Crippen MR) is 97.1 cm³/mol. The normalized spacial score (nSPS) is 10.7. The SMILES string of the molecule is CCc1cc(=O)oc2cc(OCC(=O)Nc3cc(F)ccc3C)ccc12. The molecular weight excluding hydrogens is 337 g/mol. The fraction of sp³-hybridized carbons (Fsp3) is 0.200. The van der Waals surface area contributed by atoms with Gasteiger partial charge in [0.1, 0.15) is 17.1 Å². The van der Waals surface area contributed by atoms with Gasteiger partial charge in [0.2, 0.25) is 0 Å². The van der Waals surface area contributed by atoms with Crippen LogP contribution in [0.3, 0.4) is 0 Å². The van der Waals surface area contributed by atoms with Crippen molar-refractivity contribution in [2.75, 3.05) is 11.9 Å². The maximum atomic E-state index is 13.3. The summed E-state index contributed by atoms with van der Waals surface area (Å²) in [6, 6.07) is 10.7. The van der Waals surface area contributed by atoms with E-state index in [1.54, 1.807) is 31.2 Å². The lowest BCUT2D eigenvalue weighted by atomic mass is 10.1. The third kappa shape index (κ3) is 3.91. The lowest BCUT2D eigenvalue weighted by Crippen LogP contribution is -2.20. The van der Waals surface area contributed by atoms with Crippen molar-refractivity contribution in [3.63, 3.8) is 0 Å². The Kier molecular flexibility index (Phi) is 5.02. The van der Waals surface area contributed by atoms with Gasteiger partial charge >= 0.3 is 5.63 Å². The number of carbonyl (C=O) groups excluding carboxylic acids is 1. The van der Waals surface area contributed by atoms with Crippen LogP contribution in [0.5, 0.6) is 5.75 Å². The number of ether oxygens (including phenoxy) is 1. The van der Waals surface area contributed by atoms with Crippen LogP contribution in [0.4, 0.5) is 10.1 Å². The van der Waals surface area contributed by atoms with Gasteiger partial charge in [-0.3, -0.25) is 4.79 Å². The molecule has 134 valence electrons. The summed E-state index contributed by atoms with van der Waals surface area (Å²) in [6.45, 7) is 3.48. The van der Waals surface area contributed by atoms with E-state index in [2.05, 4.69) is 5.32 Å².